The molecule has 0 spiro atoms. The number of esters is 1. The van der Waals surface area contributed by atoms with Crippen molar-refractivity contribution in [1.82, 2.24) is 0 Å². The summed E-state index contributed by atoms with van der Waals surface area (Å²) in [4.78, 5) is 11.4. The van der Waals surface area contributed by atoms with Gasteiger partial charge in [0, 0.05) is 11.8 Å². The lowest BCUT2D eigenvalue weighted by atomic mass is 9.99. The molecule has 0 aliphatic carbocycles. The van der Waals surface area contributed by atoms with Crippen LogP contribution in [0.15, 0.2) is 24.3 Å². The van der Waals surface area contributed by atoms with Crippen LogP contribution in [0.5, 0.6) is 5.75 Å². The Morgan fingerprint density at radius 3 is 2.41 bits per heavy atom. The van der Waals surface area contributed by atoms with Gasteiger partial charge in [0.25, 0.3) is 0 Å². The van der Waals surface area contributed by atoms with Crippen molar-refractivity contribution in [2.24, 2.45) is 5.41 Å². The van der Waals surface area contributed by atoms with Crippen molar-refractivity contribution < 1.29 is 14.6 Å². The van der Waals surface area contributed by atoms with E-state index in [9.17, 15) is 4.79 Å². The van der Waals surface area contributed by atoms with Crippen molar-refractivity contribution >= 4 is 5.97 Å². The molecule has 3 nitrogen and oxygen atoms in total. The molecule has 0 saturated carbocycles. The fourth-order valence-corrected chi connectivity index (χ4v) is 1.21. The van der Waals surface area contributed by atoms with Crippen LogP contribution in [0.4, 0.5) is 0 Å². The molecule has 0 aliphatic rings. The molecule has 0 atom stereocenters. The number of carbonyl (C=O) groups is 1. The minimum absolute atomic E-state index is 0.117. The number of hydrogen-bond acceptors (Lipinski definition) is 3. The van der Waals surface area contributed by atoms with E-state index in [2.05, 4.69) is 0 Å². The molecule has 93 valence electrons. The van der Waals surface area contributed by atoms with Crippen LogP contribution < -0.4 is 0 Å². The number of rotatable bonds is 4. The van der Waals surface area contributed by atoms with E-state index in [1.165, 1.54) is 0 Å². The van der Waals surface area contributed by atoms with Crippen molar-refractivity contribution in [3.63, 3.8) is 0 Å². The van der Waals surface area contributed by atoms with E-state index in [0.717, 1.165) is 5.56 Å². The lowest BCUT2D eigenvalue weighted by molar-refractivity contribution is -0.141. The predicted octanol–water partition coefficient (Wildman–Crippen LogP) is 3.08. The second-order valence-electron chi connectivity index (χ2n) is 5.14. The van der Waals surface area contributed by atoms with Gasteiger partial charge in [-0.2, -0.15) is 0 Å². The highest BCUT2D eigenvalue weighted by molar-refractivity contribution is 5.70. The second kappa shape index (κ2) is 5.71. The molecule has 0 amide bonds. The predicted molar refractivity (Wildman–Crippen MR) is 66.3 cm³/mol. The highest BCUT2D eigenvalue weighted by Crippen LogP contribution is 2.18. The summed E-state index contributed by atoms with van der Waals surface area (Å²) in [6, 6.07) is 6.83. The Kier molecular flexibility index (Phi) is 4.55. The number of aromatic hydroxyl groups is 1. The molecule has 1 N–H and O–H groups in total. The van der Waals surface area contributed by atoms with Gasteiger partial charge in [0.1, 0.15) is 12.4 Å². The maximum atomic E-state index is 11.4. The number of ether oxygens (including phenoxy) is 1. The van der Waals surface area contributed by atoms with E-state index in [-0.39, 0.29) is 17.1 Å². The highest BCUT2D eigenvalue weighted by atomic mass is 16.5. The minimum Gasteiger partial charge on any atom is -0.508 e. The first-order chi connectivity index (χ1) is 7.87. The molecule has 0 fully saturated rings. The van der Waals surface area contributed by atoms with E-state index in [1.54, 1.807) is 30.9 Å². The topological polar surface area (TPSA) is 46.5 Å². The summed E-state index contributed by atoms with van der Waals surface area (Å²) in [7, 11) is 0. The van der Waals surface area contributed by atoms with E-state index in [1.807, 2.05) is 20.8 Å². The number of carbonyl (C=O) groups excluding carboxylic acids is 1. The van der Waals surface area contributed by atoms with Gasteiger partial charge in [-0.3, -0.25) is 4.79 Å². The standard InChI is InChI=1S/C14H19O3/c1-14(2,3)10-17-13(16)9-6-11-4-7-12(15)8-5-11/h4-5,7-8,10,15H,6,9H2,1-3H3. The summed E-state index contributed by atoms with van der Waals surface area (Å²) in [6.07, 6.45) is 0.967. The normalized spacial score (nSPS) is 11.2. The number of benzene rings is 1. The van der Waals surface area contributed by atoms with E-state index >= 15 is 0 Å². The fourth-order valence-electron chi connectivity index (χ4n) is 1.21. The first kappa shape index (κ1) is 13.6. The Morgan fingerprint density at radius 2 is 1.88 bits per heavy atom. The van der Waals surface area contributed by atoms with Crippen LogP contribution in [0.25, 0.3) is 0 Å². The van der Waals surface area contributed by atoms with Gasteiger partial charge in [0.05, 0.1) is 0 Å². The van der Waals surface area contributed by atoms with Gasteiger partial charge in [-0.05, 0) is 24.1 Å². The zero-order valence-corrected chi connectivity index (χ0v) is 10.6. The second-order valence-corrected chi connectivity index (χ2v) is 5.14. The van der Waals surface area contributed by atoms with Crippen LogP contribution in [-0.2, 0) is 16.0 Å². The van der Waals surface area contributed by atoms with Crippen LogP contribution in [0.3, 0.4) is 0 Å². The minimum atomic E-state index is -0.229. The van der Waals surface area contributed by atoms with Gasteiger partial charge < -0.3 is 9.84 Å². The third-order valence-electron chi connectivity index (χ3n) is 2.10. The zero-order chi connectivity index (χ0) is 12.9. The van der Waals surface area contributed by atoms with Crippen molar-refractivity contribution in [1.29, 1.82) is 0 Å². The molecule has 1 rings (SSSR count). The number of phenols is 1. The van der Waals surface area contributed by atoms with Gasteiger partial charge in [-0.25, -0.2) is 0 Å². The van der Waals surface area contributed by atoms with Crippen molar-refractivity contribution in [3.8, 4) is 5.75 Å². The molecule has 1 aromatic carbocycles. The molecule has 0 bridgehead atoms. The highest BCUT2D eigenvalue weighted by Gasteiger charge is 2.14. The molecule has 17 heavy (non-hydrogen) atoms. The lowest BCUT2D eigenvalue weighted by Gasteiger charge is -2.16. The largest absolute Gasteiger partial charge is 0.508 e. The molecule has 1 radical (unpaired) electrons. The molecule has 0 heterocycles. The van der Waals surface area contributed by atoms with Gasteiger partial charge in [-0.15, -0.1) is 0 Å². The average molecular weight is 235 g/mol. The van der Waals surface area contributed by atoms with Crippen LogP contribution in [0.2, 0.25) is 0 Å². The average Bonchev–Trinajstić information content (AvgIpc) is 2.25. The fraction of sp³-hybridized carbons (Fsp3) is 0.429. The Hall–Kier alpha value is -1.51. The third-order valence-corrected chi connectivity index (χ3v) is 2.10. The number of phenolic OH excluding ortho intramolecular Hbond substituents is 1. The Morgan fingerprint density at radius 1 is 1.29 bits per heavy atom. The summed E-state index contributed by atoms with van der Waals surface area (Å²) in [5, 5.41) is 9.11. The Balaban J connectivity index is 2.31. The molecule has 0 saturated heterocycles. The zero-order valence-electron chi connectivity index (χ0n) is 10.6. The SMILES string of the molecule is CC(C)(C)[CH]OC(=O)CCc1ccc(O)cc1. The van der Waals surface area contributed by atoms with Gasteiger partial charge in [-0.1, -0.05) is 32.9 Å². The molecule has 3 heteroatoms. The molecular formula is C14H19O3. The van der Waals surface area contributed by atoms with E-state index in [4.69, 9.17) is 9.84 Å². The summed E-state index contributed by atoms with van der Waals surface area (Å²) >= 11 is 0. The summed E-state index contributed by atoms with van der Waals surface area (Å²) < 4.78 is 5.04. The van der Waals surface area contributed by atoms with Gasteiger partial charge >= 0.3 is 5.97 Å². The summed E-state index contributed by atoms with van der Waals surface area (Å²) in [5.41, 5.74) is 0.893. The van der Waals surface area contributed by atoms with Crippen LogP contribution in [0, 0.1) is 12.0 Å². The molecular weight excluding hydrogens is 216 g/mol. The molecule has 0 aromatic heterocycles. The summed E-state index contributed by atoms with van der Waals surface area (Å²) in [5.74, 6) is 0.00499. The third kappa shape index (κ3) is 5.95. The monoisotopic (exact) mass is 235 g/mol. The van der Waals surface area contributed by atoms with Crippen molar-refractivity contribution in [2.45, 2.75) is 33.6 Å². The quantitative estimate of drug-likeness (QED) is 0.816. The first-order valence-corrected chi connectivity index (χ1v) is 5.68. The van der Waals surface area contributed by atoms with E-state index < -0.39 is 0 Å². The van der Waals surface area contributed by atoms with Gasteiger partial charge in [0.2, 0.25) is 0 Å². The smallest absolute Gasteiger partial charge is 0.306 e. The first-order valence-electron chi connectivity index (χ1n) is 5.68. The van der Waals surface area contributed by atoms with Crippen LogP contribution in [-0.4, -0.2) is 11.1 Å². The maximum absolute atomic E-state index is 11.4. The van der Waals surface area contributed by atoms with E-state index in [0.29, 0.717) is 12.8 Å². The summed E-state index contributed by atoms with van der Waals surface area (Å²) in [6.45, 7) is 7.48. The Bertz CT molecular complexity index is 360. The molecule has 0 aliphatic heterocycles. The lowest BCUT2D eigenvalue weighted by Crippen LogP contribution is -2.13. The van der Waals surface area contributed by atoms with Crippen LogP contribution in [0.1, 0.15) is 32.8 Å². The molecule has 0 unspecified atom stereocenters. The number of hydrogen-bond donors (Lipinski definition) is 1. The van der Waals surface area contributed by atoms with Crippen LogP contribution >= 0.6 is 0 Å². The molecule has 1 aromatic rings. The number of aryl methyl sites for hydroxylation is 1. The van der Waals surface area contributed by atoms with Crippen molar-refractivity contribution in [3.05, 3.63) is 36.4 Å². The van der Waals surface area contributed by atoms with Gasteiger partial charge in [0.15, 0.2) is 0 Å². The Labute approximate surface area is 102 Å². The van der Waals surface area contributed by atoms with Crippen molar-refractivity contribution in [2.75, 3.05) is 0 Å². The maximum Gasteiger partial charge on any atom is 0.306 e.